The Morgan fingerprint density at radius 2 is 1.81 bits per heavy atom. The van der Waals surface area contributed by atoms with Gasteiger partial charge in [-0.3, -0.25) is 19.7 Å². The van der Waals surface area contributed by atoms with E-state index < -0.39 is 5.41 Å². The van der Waals surface area contributed by atoms with E-state index in [0.29, 0.717) is 0 Å². The molecule has 0 N–H and O–H groups in total. The summed E-state index contributed by atoms with van der Waals surface area (Å²) in [6, 6.07) is 16.5. The van der Waals surface area contributed by atoms with E-state index in [2.05, 4.69) is 51.3 Å². The molecule has 5 nitrogen and oxygen atoms in total. The molecule has 0 saturated carbocycles. The van der Waals surface area contributed by atoms with Crippen LogP contribution in [-0.2, 0) is 17.8 Å². The Morgan fingerprint density at radius 1 is 1.03 bits per heavy atom. The largest absolute Gasteiger partial charge is 0.348 e. The Balaban J connectivity index is 1.66. The van der Waals surface area contributed by atoms with Gasteiger partial charge in [0.05, 0.1) is 5.41 Å². The van der Waals surface area contributed by atoms with E-state index in [9.17, 15) is 4.79 Å². The number of aromatic nitrogens is 2. The Hall–Kier alpha value is -3.05. The van der Waals surface area contributed by atoms with Gasteiger partial charge in [-0.05, 0) is 54.6 Å². The van der Waals surface area contributed by atoms with E-state index in [1.165, 1.54) is 11.1 Å². The zero-order valence-corrected chi connectivity index (χ0v) is 18.4. The molecule has 0 bridgehead atoms. The number of hydrogen-bond donors (Lipinski definition) is 0. The summed E-state index contributed by atoms with van der Waals surface area (Å²) in [5.41, 5.74) is 4.20. The van der Waals surface area contributed by atoms with Crippen molar-refractivity contribution in [2.75, 3.05) is 27.2 Å². The minimum absolute atomic E-state index is 0.212. The van der Waals surface area contributed by atoms with Crippen molar-refractivity contribution in [1.82, 2.24) is 19.8 Å². The minimum atomic E-state index is -0.442. The van der Waals surface area contributed by atoms with Gasteiger partial charge in [0.2, 0.25) is 5.91 Å². The van der Waals surface area contributed by atoms with E-state index in [-0.39, 0.29) is 5.91 Å². The first kappa shape index (κ1) is 21.2. The second-order valence-corrected chi connectivity index (χ2v) is 8.73. The van der Waals surface area contributed by atoms with E-state index in [0.717, 1.165) is 50.0 Å². The highest BCUT2D eigenvalue weighted by atomic mass is 16.2. The van der Waals surface area contributed by atoms with E-state index >= 15 is 0 Å². The Morgan fingerprint density at radius 3 is 2.52 bits per heavy atom. The maximum Gasteiger partial charge on any atom is 0.229 e. The normalized spacial score (nSPS) is 19.2. The standard InChI is InChI=1S/C26H30N4O/c1-29(2)25(31)26(12-7-15-30(20-26)19-21-8-5-13-27-17-21)16-22-9-3-4-11-24(22)23-10-6-14-28-18-23/h3-6,8-11,13-14,17-18H,7,12,15-16,19-20H2,1-2H3/t26-/m1/s1. The van der Waals surface area contributed by atoms with Gasteiger partial charge in [0.25, 0.3) is 0 Å². The molecular weight excluding hydrogens is 384 g/mol. The molecule has 4 rings (SSSR count). The number of hydrogen-bond acceptors (Lipinski definition) is 4. The number of carbonyl (C=O) groups excluding carboxylic acids is 1. The van der Waals surface area contributed by atoms with E-state index in [1.807, 2.05) is 38.6 Å². The quantitative estimate of drug-likeness (QED) is 0.610. The number of carbonyl (C=O) groups is 1. The van der Waals surface area contributed by atoms with Crippen molar-refractivity contribution >= 4 is 5.91 Å². The number of rotatable bonds is 6. The zero-order chi connectivity index (χ0) is 21.7. The lowest BCUT2D eigenvalue weighted by atomic mass is 9.73. The number of amides is 1. The van der Waals surface area contributed by atoms with Crippen molar-refractivity contribution in [2.45, 2.75) is 25.8 Å². The molecule has 0 unspecified atom stereocenters. The molecule has 1 amide bonds. The number of pyridine rings is 2. The molecule has 1 saturated heterocycles. The molecule has 2 aromatic heterocycles. The Labute approximate surface area is 184 Å². The topological polar surface area (TPSA) is 49.3 Å². The van der Waals surface area contributed by atoms with Crippen LogP contribution in [-0.4, -0.2) is 52.9 Å². The predicted octanol–water partition coefficient (Wildman–Crippen LogP) is 4.06. The first-order valence-electron chi connectivity index (χ1n) is 10.9. The summed E-state index contributed by atoms with van der Waals surface area (Å²) in [4.78, 5) is 26.3. The van der Waals surface area contributed by atoms with Gasteiger partial charge in [-0.25, -0.2) is 0 Å². The zero-order valence-electron chi connectivity index (χ0n) is 18.4. The second-order valence-electron chi connectivity index (χ2n) is 8.73. The SMILES string of the molecule is CN(C)C(=O)[C@@]1(Cc2ccccc2-c2cccnc2)CCCN(Cc2cccnc2)C1. The summed E-state index contributed by atoms with van der Waals surface area (Å²) in [6.07, 6.45) is 10.0. The number of likely N-dealkylation sites (tertiary alicyclic amines) is 1. The van der Waals surface area contributed by atoms with E-state index in [1.54, 1.807) is 17.3 Å². The molecule has 1 atom stereocenters. The predicted molar refractivity (Wildman–Crippen MR) is 123 cm³/mol. The van der Waals surface area contributed by atoms with Gasteiger partial charge in [-0.15, -0.1) is 0 Å². The average molecular weight is 415 g/mol. The van der Waals surface area contributed by atoms with Crippen molar-refractivity contribution in [3.05, 3.63) is 84.4 Å². The highest BCUT2D eigenvalue weighted by Crippen LogP contribution is 2.38. The summed E-state index contributed by atoms with van der Waals surface area (Å²) in [7, 11) is 3.74. The first-order chi connectivity index (χ1) is 15.1. The molecule has 1 fully saturated rings. The van der Waals surface area contributed by atoms with E-state index in [4.69, 9.17) is 0 Å². The smallest absolute Gasteiger partial charge is 0.229 e. The van der Waals surface area contributed by atoms with Gasteiger partial charge in [0, 0.05) is 57.5 Å². The molecular formula is C26H30N4O. The number of piperidine rings is 1. The maximum absolute atomic E-state index is 13.5. The third-order valence-electron chi connectivity index (χ3n) is 6.16. The van der Waals surface area contributed by atoms with Crippen LogP contribution in [0.2, 0.25) is 0 Å². The van der Waals surface area contributed by atoms with Crippen molar-refractivity contribution in [3.63, 3.8) is 0 Å². The van der Waals surface area contributed by atoms with Crippen LogP contribution >= 0.6 is 0 Å². The fourth-order valence-electron chi connectivity index (χ4n) is 4.82. The summed E-state index contributed by atoms with van der Waals surface area (Å²) in [5, 5.41) is 0. The Bertz CT molecular complexity index is 1010. The van der Waals surface area contributed by atoms with Crippen LogP contribution in [0.4, 0.5) is 0 Å². The molecule has 1 aromatic carbocycles. The summed E-state index contributed by atoms with van der Waals surface area (Å²) < 4.78 is 0. The number of nitrogens with zero attached hydrogens (tertiary/aromatic N) is 4. The van der Waals surface area contributed by atoms with Crippen LogP contribution in [0.1, 0.15) is 24.0 Å². The molecule has 31 heavy (non-hydrogen) atoms. The van der Waals surface area contributed by atoms with Crippen molar-refractivity contribution in [2.24, 2.45) is 5.41 Å². The molecule has 0 aliphatic carbocycles. The molecule has 160 valence electrons. The lowest BCUT2D eigenvalue weighted by Crippen LogP contribution is -2.52. The highest BCUT2D eigenvalue weighted by molar-refractivity contribution is 5.83. The van der Waals surface area contributed by atoms with Gasteiger partial charge in [0.1, 0.15) is 0 Å². The van der Waals surface area contributed by atoms with Crippen LogP contribution in [0.15, 0.2) is 73.3 Å². The van der Waals surface area contributed by atoms with Crippen LogP contribution in [0, 0.1) is 5.41 Å². The fraction of sp³-hybridized carbons (Fsp3) is 0.346. The van der Waals surface area contributed by atoms with Crippen LogP contribution in [0.25, 0.3) is 11.1 Å². The third-order valence-corrected chi connectivity index (χ3v) is 6.16. The molecule has 1 aliphatic heterocycles. The molecule has 3 heterocycles. The second kappa shape index (κ2) is 9.40. The number of benzene rings is 1. The monoisotopic (exact) mass is 414 g/mol. The third kappa shape index (κ3) is 4.83. The van der Waals surface area contributed by atoms with Crippen molar-refractivity contribution < 1.29 is 4.79 Å². The summed E-state index contributed by atoms with van der Waals surface area (Å²) in [6.45, 7) is 2.57. The summed E-state index contributed by atoms with van der Waals surface area (Å²) in [5.74, 6) is 0.212. The van der Waals surface area contributed by atoms with Crippen molar-refractivity contribution in [3.8, 4) is 11.1 Å². The van der Waals surface area contributed by atoms with Gasteiger partial charge in [-0.1, -0.05) is 36.4 Å². The van der Waals surface area contributed by atoms with Crippen LogP contribution in [0.3, 0.4) is 0 Å². The molecule has 1 aliphatic rings. The van der Waals surface area contributed by atoms with Gasteiger partial charge in [-0.2, -0.15) is 0 Å². The van der Waals surface area contributed by atoms with Crippen LogP contribution < -0.4 is 0 Å². The maximum atomic E-state index is 13.5. The summed E-state index contributed by atoms with van der Waals surface area (Å²) >= 11 is 0. The van der Waals surface area contributed by atoms with Crippen LogP contribution in [0.5, 0.6) is 0 Å². The molecule has 3 aromatic rings. The average Bonchev–Trinajstić information content (AvgIpc) is 2.80. The lowest BCUT2D eigenvalue weighted by molar-refractivity contribution is -0.143. The van der Waals surface area contributed by atoms with Gasteiger partial charge < -0.3 is 4.90 Å². The van der Waals surface area contributed by atoms with Crippen molar-refractivity contribution in [1.29, 1.82) is 0 Å². The Kier molecular flexibility index (Phi) is 6.42. The molecule has 0 radical (unpaired) electrons. The first-order valence-corrected chi connectivity index (χ1v) is 10.9. The minimum Gasteiger partial charge on any atom is -0.348 e. The molecule has 0 spiro atoms. The van der Waals surface area contributed by atoms with Gasteiger partial charge >= 0.3 is 0 Å². The fourth-order valence-corrected chi connectivity index (χ4v) is 4.82. The lowest BCUT2D eigenvalue weighted by Gasteiger charge is -2.43. The molecule has 5 heteroatoms. The highest BCUT2D eigenvalue weighted by Gasteiger charge is 2.43. The van der Waals surface area contributed by atoms with Gasteiger partial charge in [0.15, 0.2) is 0 Å².